The second-order valence-electron chi connectivity index (χ2n) is 7.60. The van der Waals surface area contributed by atoms with Crippen LogP contribution in [0.5, 0.6) is 5.75 Å². The monoisotopic (exact) mass is 416 g/mol. The number of nitrogens with zero attached hydrogens (tertiary/aromatic N) is 4. The molecule has 0 N–H and O–H groups in total. The highest BCUT2D eigenvalue weighted by atomic mass is 19.4. The standard InChI is InChI=1S/C22H23F3N4O/c1-15-4-3-5-19(16(15)2)30-14-18-8-6-17(7-9-18)12-28-10-11-29-20(13-28)26-27-21(29)22(23,24)25/h3-9H,10-14H2,1-2H3. The van der Waals surface area contributed by atoms with Crippen LogP contribution in [0.1, 0.15) is 33.9 Å². The van der Waals surface area contributed by atoms with Gasteiger partial charge in [0.2, 0.25) is 5.82 Å². The Hall–Kier alpha value is -2.87. The molecule has 3 aromatic rings. The van der Waals surface area contributed by atoms with Gasteiger partial charge in [-0.25, -0.2) is 0 Å². The minimum Gasteiger partial charge on any atom is -0.489 e. The molecule has 0 radical (unpaired) electrons. The Morgan fingerprint density at radius 1 is 0.967 bits per heavy atom. The Kier molecular flexibility index (Phi) is 5.51. The summed E-state index contributed by atoms with van der Waals surface area (Å²) in [5.41, 5.74) is 4.49. The molecular weight excluding hydrogens is 393 g/mol. The van der Waals surface area contributed by atoms with Crippen LogP contribution in [0.15, 0.2) is 42.5 Å². The topological polar surface area (TPSA) is 43.2 Å². The largest absolute Gasteiger partial charge is 0.489 e. The second kappa shape index (κ2) is 8.10. The van der Waals surface area contributed by atoms with Crippen LogP contribution in [0.4, 0.5) is 13.2 Å². The molecule has 0 fully saturated rings. The van der Waals surface area contributed by atoms with Gasteiger partial charge in [-0.2, -0.15) is 13.2 Å². The van der Waals surface area contributed by atoms with E-state index in [0.717, 1.165) is 22.4 Å². The van der Waals surface area contributed by atoms with Crippen molar-refractivity contribution in [3.63, 3.8) is 0 Å². The minimum absolute atomic E-state index is 0.235. The Labute approximate surface area is 173 Å². The first-order valence-electron chi connectivity index (χ1n) is 9.80. The molecule has 0 amide bonds. The van der Waals surface area contributed by atoms with E-state index in [1.807, 2.05) is 43.3 Å². The number of halogens is 3. The summed E-state index contributed by atoms with van der Waals surface area (Å²) < 4.78 is 46.0. The van der Waals surface area contributed by atoms with Gasteiger partial charge in [0, 0.05) is 19.6 Å². The Balaban J connectivity index is 1.35. The van der Waals surface area contributed by atoms with E-state index < -0.39 is 12.0 Å². The van der Waals surface area contributed by atoms with E-state index in [2.05, 4.69) is 28.1 Å². The molecule has 1 aromatic heterocycles. The van der Waals surface area contributed by atoms with Gasteiger partial charge in [-0.3, -0.25) is 4.90 Å². The Morgan fingerprint density at radius 2 is 1.70 bits per heavy atom. The molecule has 0 bridgehead atoms. The van der Waals surface area contributed by atoms with Crippen molar-refractivity contribution in [2.45, 2.75) is 46.3 Å². The lowest BCUT2D eigenvalue weighted by Gasteiger charge is -2.28. The molecule has 1 aliphatic rings. The van der Waals surface area contributed by atoms with Gasteiger partial charge in [0.05, 0.1) is 6.54 Å². The molecule has 4 rings (SSSR count). The lowest BCUT2D eigenvalue weighted by atomic mass is 10.1. The summed E-state index contributed by atoms with van der Waals surface area (Å²) in [6.07, 6.45) is -4.47. The highest BCUT2D eigenvalue weighted by Gasteiger charge is 2.39. The molecule has 0 unspecified atom stereocenters. The zero-order valence-corrected chi connectivity index (χ0v) is 16.9. The highest BCUT2D eigenvalue weighted by molar-refractivity contribution is 5.38. The first-order valence-corrected chi connectivity index (χ1v) is 9.80. The molecule has 2 heterocycles. The first-order chi connectivity index (χ1) is 14.3. The van der Waals surface area contributed by atoms with E-state index in [4.69, 9.17) is 4.74 Å². The van der Waals surface area contributed by atoms with Crippen LogP contribution in [0, 0.1) is 13.8 Å². The van der Waals surface area contributed by atoms with Crippen molar-refractivity contribution in [1.82, 2.24) is 19.7 Å². The molecule has 0 saturated carbocycles. The van der Waals surface area contributed by atoms with Gasteiger partial charge in [0.25, 0.3) is 0 Å². The van der Waals surface area contributed by atoms with E-state index in [1.165, 1.54) is 10.1 Å². The summed E-state index contributed by atoms with van der Waals surface area (Å²) in [6.45, 7) is 6.34. The van der Waals surface area contributed by atoms with Crippen molar-refractivity contribution in [2.75, 3.05) is 6.54 Å². The van der Waals surface area contributed by atoms with Crippen LogP contribution < -0.4 is 4.74 Å². The molecule has 30 heavy (non-hydrogen) atoms. The third kappa shape index (κ3) is 4.33. The van der Waals surface area contributed by atoms with Gasteiger partial charge in [-0.05, 0) is 42.2 Å². The van der Waals surface area contributed by atoms with Crippen molar-refractivity contribution >= 4 is 0 Å². The van der Waals surface area contributed by atoms with E-state index in [1.54, 1.807) is 0 Å². The predicted molar refractivity (Wildman–Crippen MR) is 106 cm³/mol. The number of hydrogen-bond donors (Lipinski definition) is 0. The summed E-state index contributed by atoms with van der Waals surface area (Å²) in [5.74, 6) is 0.326. The van der Waals surface area contributed by atoms with Crippen molar-refractivity contribution in [3.8, 4) is 5.75 Å². The van der Waals surface area contributed by atoms with Gasteiger partial charge in [0.1, 0.15) is 18.2 Å². The van der Waals surface area contributed by atoms with Crippen LogP contribution in [0.3, 0.4) is 0 Å². The average Bonchev–Trinajstić information content (AvgIpc) is 3.14. The van der Waals surface area contributed by atoms with Gasteiger partial charge in [0.15, 0.2) is 0 Å². The molecule has 2 aromatic carbocycles. The fourth-order valence-electron chi connectivity index (χ4n) is 3.59. The number of alkyl halides is 3. The van der Waals surface area contributed by atoms with Crippen molar-refractivity contribution < 1.29 is 17.9 Å². The lowest BCUT2D eigenvalue weighted by Crippen LogP contribution is -2.34. The number of aryl methyl sites for hydroxylation is 1. The SMILES string of the molecule is Cc1cccc(OCc2ccc(CN3CCn4c(nnc4C(F)(F)F)C3)cc2)c1C. The number of aromatic nitrogens is 3. The maximum absolute atomic E-state index is 13.0. The fourth-order valence-corrected chi connectivity index (χ4v) is 3.59. The average molecular weight is 416 g/mol. The van der Waals surface area contributed by atoms with E-state index in [-0.39, 0.29) is 6.54 Å². The van der Waals surface area contributed by atoms with E-state index >= 15 is 0 Å². The van der Waals surface area contributed by atoms with E-state index in [9.17, 15) is 13.2 Å². The van der Waals surface area contributed by atoms with Crippen molar-refractivity contribution in [2.24, 2.45) is 0 Å². The molecule has 0 aliphatic carbocycles. The molecule has 1 aliphatic heterocycles. The van der Waals surface area contributed by atoms with Gasteiger partial charge >= 0.3 is 6.18 Å². The number of fused-ring (bicyclic) bond motifs is 1. The molecule has 0 atom stereocenters. The van der Waals surface area contributed by atoms with Crippen LogP contribution >= 0.6 is 0 Å². The number of rotatable bonds is 5. The van der Waals surface area contributed by atoms with Crippen LogP contribution in [-0.4, -0.2) is 26.2 Å². The summed E-state index contributed by atoms with van der Waals surface area (Å²) in [7, 11) is 0. The van der Waals surface area contributed by atoms with Crippen molar-refractivity contribution in [1.29, 1.82) is 0 Å². The number of ether oxygens (including phenoxy) is 1. The molecule has 0 saturated heterocycles. The van der Waals surface area contributed by atoms with Gasteiger partial charge < -0.3 is 9.30 Å². The molecule has 0 spiro atoms. The fraction of sp³-hybridized carbons (Fsp3) is 0.364. The summed E-state index contributed by atoms with van der Waals surface area (Å²) in [5, 5.41) is 7.06. The smallest absolute Gasteiger partial charge is 0.451 e. The molecule has 5 nitrogen and oxygen atoms in total. The van der Waals surface area contributed by atoms with E-state index in [0.29, 0.717) is 32.1 Å². The first kappa shape index (κ1) is 20.4. The minimum atomic E-state index is -4.47. The number of hydrogen-bond acceptors (Lipinski definition) is 4. The van der Waals surface area contributed by atoms with Crippen molar-refractivity contribution in [3.05, 3.63) is 76.4 Å². The van der Waals surface area contributed by atoms with Gasteiger partial charge in [-0.15, -0.1) is 10.2 Å². The maximum Gasteiger partial charge on any atom is 0.451 e. The molecule has 8 heteroatoms. The predicted octanol–water partition coefficient (Wildman–Crippen LogP) is 4.51. The molecular formula is C22H23F3N4O. The van der Waals surface area contributed by atoms with Crippen LogP contribution in [-0.2, 0) is 32.4 Å². The van der Waals surface area contributed by atoms with Gasteiger partial charge in [-0.1, -0.05) is 36.4 Å². The zero-order chi connectivity index (χ0) is 21.3. The quantitative estimate of drug-likeness (QED) is 0.614. The second-order valence-corrected chi connectivity index (χ2v) is 7.60. The Bertz CT molecular complexity index is 1030. The maximum atomic E-state index is 13.0. The normalized spacial score (nSPS) is 14.6. The third-order valence-electron chi connectivity index (χ3n) is 5.46. The summed E-state index contributed by atoms with van der Waals surface area (Å²) in [6, 6.07) is 14.1. The summed E-state index contributed by atoms with van der Waals surface area (Å²) >= 11 is 0. The van der Waals surface area contributed by atoms with Crippen LogP contribution in [0.2, 0.25) is 0 Å². The Morgan fingerprint density at radius 3 is 2.43 bits per heavy atom. The third-order valence-corrected chi connectivity index (χ3v) is 5.46. The van der Waals surface area contributed by atoms with Crippen LogP contribution in [0.25, 0.3) is 0 Å². The summed E-state index contributed by atoms with van der Waals surface area (Å²) in [4.78, 5) is 2.08. The lowest BCUT2D eigenvalue weighted by molar-refractivity contribution is -0.148. The number of benzene rings is 2. The molecule has 158 valence electrons. The highest BCUT2D eigenvalue weighted by Crippen LogP contribution is 2.29. The zero-order valence-electron chi connectivity index (χ0n) is 16.9.